The van der Waals surface area contributed by atoms with Gasteiger partial charge < -0.3 is 5.11 Å². The summed E-state index contributed by atoms with van der Waals surface area (Å²) in [5.74, 6) is 0.448. The highest BCUT2D eigenvalue weighted by atomic mass is 16.3. The molecule has 1 unspecified atom stereocenters. The molecule has 3 rings (SSSR count). The van der Waals surface area contributed by atoms with Crippen molar-refractivity contribution >= 4 is 0 Å². The molecule has 1 aromatic carbocycles. The maximum atomic E-state index is 9.24. The molecule has 1 aromatic heterocycles. The van der Waals surface area contributed by atoms with Gasteiger partial charge in [-0.3, -0.25) is 4.90 Å². The van der Waals surface area contributed by atoms with Crippen molar-refractivity contribution in [2.75, 3.05) is 19.7 Å². The van der Waals surface area contributed by atoms with E-state index in [-0.39, 0.29) is 0 Å². The Bertz CT molecular complexity index is 620. The van der Waals surface area contributed by atoms with Crippen LogP contribution in [0.4, 0.5) is 0 Å². The van der Waals surface area contributed by atoms with Crippen LogP contribution in [0.3, 0.4) is 0 Å². The van der Waals surface area contributed by atoms with Gasteiger partial charge in [-0.05, 0) is 56.5 Å². The van der Waals surface area contributed by atoms with Gasteiger partial charge in [0.05, 0.1) is 11.4 Å². The van der Waals surface area contributed by atoms with E-state index in [4.69, 9.17) is 0 Å². The molecule has 2 heterocycles. The first-order chi connectivity index (χ1) is 10.2. The zero-order valence-corrected chi connectivity index (χ0v) is 12.8. The second-order valence-electron chi connectivity index (χ2n) is 6.08. The number of benzene rings is 1. The fraction of sp³-hybridized carbons (Fsp3) is 0.471. The largest absolute Gasteiger partial charge is 0.396 e. The van der Waals surface area contributed by atoms with Gasteiger partial charge in [-0.25, -0.2) is 4.68 Å². The minimum atomic E-state index is 0.308. The van der Waals surface area contributed by atoms with Crippen LogP contribution in [0.2, 0.25) is 0 Å². The minimum absolute atomic E-state index is 0.308. The maximum absolute atomic E-state index is 9.24. The highest BCUT2D eigenvalue weighted by Gasteiger charge is 2.21. The van der Waals surface area contributed by atoms with Crippen molar-refractivity contribution in [1.29, 1.82) is 0 Å². The Morgan fingerprint density at radius 2 is 2.14 bits per heavy atom. The fourth-order valence-corrected chi connectivity index (χ4v) is 3.14. The third-order valence-electron chi connectivity index (χ3n) is 4.20. The predicted octanol–water partition coefficient (Wildman–Crippen LogP) is 2.30. The van der Waals surface area contributed by atoms with Crippen molar-refractivity contribution in [2.24, 2.45) is 5.92 Å². The van der Waals surface area contributed by atoms with Crippen molar-refractivity contribution in [3.63, 3.8) is 0 Å². The van der Waals surface area contributed by atoms with E-state index in [9.17, 15) is 5.11 Å². The van der Waals surface area contributed by atoms with Crippen molar-refractivity contribution < 1.29 is 5.11 Å². The molecule has 1 aliphatic heterocycles. The number of aryl methyl sites for hydroxylation is 2. The topological polar surface area (TPSA) is 41.3 Å². The van der Waals surface area contributed by atoms with E-state index in [1.165, 1.54) is 5.56 Å². The first-order valence-corrected chi connectivity index (χ1v) is 7.61. The van der Waals surface area contributed by atoms with Crippen molar-refractivity contribution in [2.45, 2.75) is 26.8 Å². The zero-order chi connectivity index (χ0) is 14.8. The summed E-state index contributed by atoms with van der Waals surface area (Å²) in [6.45, 7) is 7.44. The molecule has 1 atom stereocenters. The number of hydrogen-bond acceptors (Lipinski definition) is 3. The average molecular weight is 285 g/mol. The lowest BCUT2D eigenvalue weighted by atomic mass is 10.1. The van der Waals surface area contributed by atoms with Gasteiger partial charge in [-0.2, -0.15) is 5.10 Å². The number of likely N-dealkylation sites (tertiary alicyclic amines) is 1. The molecule has 0 bridgehead atoms. The Kier molecular flexibility index (Phi) is 4.08. The van der Waals surface area contributed by atoms with Crippen LogP contribution < -0.4 is 0 Å². The van der Waals surface area contributed by atoms with E-state index in [1.807, 2.05) is 11.6 Å². The molecular formula is C17H23N3O. The Morgan fingerprint density at radius 1 is 1.29 bits per heavy atom. The van der Waals surface area contributed by atoms with Gasteiger partial charge in [-0.1, -0.05) is 12.1 Å². The van der Waals surface area contributed by atoms with Gasteiger partial charge in [0, 0.05) is 25.4 Å². The lowest BCUT2D eigenvalue weighted by Crippen LogP contribution is -2.21. The molecule has 1 saturated heterocycles. The first kappa shape index (κ1) is 14.3. The SMILES string of the molecule is Cc1cc(C)n(-c2cccc(CN3CCC(CO)C3)c2)n1. The predicted molar refractivity (Wildman–Crippen MR) is 83.5 cm³/mol. The summed E-state index contributed by atoms with van der Waals surface area (Å²) < 4.78 is 2.00. The van der Waals surface area contributed by atoms with Crippen LogP contribution in [0.15, 0.2) is 30.3 Å². The summed E-state index contributed by atoms with van der Waals surface area (Å²) in [5.41, 5.74) is 4.63. The molecule has 112 valence electrons. The van der Waals surface area contributed by atoms with E-state index < -0.39 is 0 Å². The molecule has 0 spiro atoms. The van der Waals surface area contributed by atoms with Crippen LogP contribution in [-0.2, 0) is 6.54 Å². The van der Waals surface area contributed by atoms with Gasteiger partial charge in [0.25, 0.3) is 0 Å². The van der Waals surface area contributed by atoms with Crippen LogP contribution in [0.1, 0.15) is 23.4 Å². The summed E-state index contributed by atoms with van der Waals surface area (Å²) in [6, 6.07) is 10.7. The Labute approximate surface area is 126 Å². The average Bonchev–Trinajstić information content (AvgIpc) is 3.05. The molecule has 0 radical (unpaired) electrons. The quantitative estimate of drug-likeness (QED) is 0.937. The summed E-state index contributed by atoms with van der Waals surface area (Å²) in [6.07, 6.45) is 1.10. The number of nitrogens with zero attached hydrogens (tertiary/aromatic N) is 3. The van der Waals surface area contributed by atoms with Gasteiger partial charge in [0.1, 0.15) is 0 Å². The second-order valence-corrected chi connectivity index (χ2v) is 6.08. The Morgan fingerprint density at radius 3 is 2.81 bits per heavy atom. The standard InChI is InChI=1S/C17H23N3O/c1-13-8-14(2)20(18-13)17-5-3-4-15(9-17)10-19-7-6-16(11-19)12-21/h3-5,8-9,16,21H,6-7,10-12H2,1-2H3. The van der Waals surface area contributed by atoms with Crippen molar-refractivity contribution in [1.82, 2.24) is 14.7 Å². The van der Waals surface area contributed by atoms with Crippen LogP contribution in [0.25, 0.3) is 5.69 Å². The molecule has 0 aliphatic carbocycles. The van der Waals surface area contributed by atoms with Gasteiger partial charge in [-0.15, -0.1) is 0 Å². The van der Waals surface area contributed by atoms with Crippen LogP contribution in [-0.4, -0.2) is 39.5 Å². The zero-order valence-electron chi connectivity index (χ0n) is 12.8. The van der Waals surface area contributed by atoms with Gasteiger partial charge in [0.2, 0.25) is 0 Å². The third kappa shape index (κ3) is 3.17. The molecular weight excluding hydrogens is 262 g/mol. The van der Waals surface area contributed by atoms with Crippen LogP contribution >= 0.6 is 0 Å². The monoisotopic (exact) mass is 285 g/mol. The Balaban J connectivity index is 1.76. The highest BCUT2D eigenvalue weighted by Crippen LogP contribution is 2.20. The molecule has 1 aliphatic rings. The van der Waals surface area contributed by atoms with E-state index >= 15 is 0 Å². The first-order valence-electron chi connectivity index (χ1n) is 7.61. The van der Waals surface area contributed by atoms with Crippen LogP contribution in [0.5, 0.6) is 0 Å². The van der Waals surface area contributed by atoms with Crippen molar-refractivity contribution in [3.05, 3.63) is 47.3 Å². The van der Waals surface area contributed by atoms with Gasteiger partial charge >= 0.3 is 0 Å². The molecule has 1 fully saturated rings. The van der Waals surface area contributed by atoms with E-state index in [0.717, 1.165) is 43.1 Å². The summed E-state index contributed by atoms with van der Waals surface area (Å²) in [5, 5.41) is 13.8. The van der Waals surface area contributed by atoms with Crippen LogP contribution in [0, 0.1) is 19.8 Å². The summed E-state index contributed by atoms with van der Waals surface area (Å²) in [4.78, 5) is 2.42. The van der Waals surface area contributed by atoms with Crippen molar-refractivity contribution in [3.8, 4) is 5.69 Å². The Hall–Kier alpha value is -1.65. The molecule has 21 heavy (non-hydrogen) atoms. The highest BCUT2D eigenvalue weighted by molar-refractivity contribution is 5.37. The lowest BCUT2D eigenvalue weighted by molar-refractivity contribution is 0.220. The third-order valence-corrected chi connectivity index (χ3v) is 4.20. The number of aromatic nitrogens is 2. The summed E-state index contributed by atoms with van der Waals surface area (Å²) in [7, 11) is 0. The number of hydrogen-bond donors (Lipinski definition) is 1. The number of aliphatic hydroxyl groups excluding tert-OH is 1. The molecule has 4 nitrogen and oxygen atoms in total. The second kappa shape index (κ2) is 6.00. The number of rotatable bonds is 4. The lowest BCUT2D eigenvalue weighted by Gasteiger charge is -2.16. The molecule has 0 saturated carbocycles. The maximum Gasteiger partial charge on any atom is 0.0651 e. The minimum Gasteiger partial charge on any atom is -0.396 e. The fourth-order valence-electron chi connectivity index (χ4n) is 3.14. The smallest absolute Gasteiger partial charge is 0.0651 e. The molecule has 0 amide bonds. The summed E-state index contributed by atoms with van der Waals surface area (Å²) >= 11 is 0. The molecule has 1 N–H and O–H groups in total. The van der Waals surface area contributed by atoms with E-state index in [2.05, 4.69) is 47.3 Å². The molecule has 4 heteroatoms. The normalized spacial score (nSPS) is 19.3. The van der Waals surface area contributed by atoms with Gasteiger partial charge in [0.15, 0.2) is 0 Å². The molecule has 2 aromatic rings. The number of aliphatic hydroxyl groups is 1. The van der Waals surface area contributed by atoms with E-state index in [1.54, 1.807) is 0 Å². The van der Waals surface area contributed by atoms with E-state index in [0.29, 0.717) is 12.5 Å².